The average Bonchev–Trinajstić information content (AvgIpc) is 2.85. The van der Waals surface area contributed by atoms with Gasteiger partial charge in [0.1, 0.15) is 12.6 Å². The molecule has 3 aromatic rings. The van der Waals surface area contributed by atoms with E-state index < -0.39 is 28.5 Å². The van der Waals surface area contributed by atoms with Gasteiger partial charge in [0.05, 0.1) is 11.9 Å². The SMILES string of the molecule is Cc1ccc(N(CC(=O)N(Cc2ccccc2Cl)[C@H](Cc2ccccc2)C(=O)NC(C)C)S(C)(=O)=O)c(C)c1. The molecule has 7 nitrogen and oxygen atoms in total. The molecular formula is C30H36ClN3O4S. The zero-order chi connectivity index (χ0) is 28.7. The summed E-state index contributed by atoms with van der Waals surface area (Å²) in [7, 11) is -3.83. The number of anilines is 1. The highest BCUT2D eigenvalue weighted by molar-refractivity contribution is 7.92. The molecule has 1 atom stereocenters. The zero-order valence-corrected chi connectivity index (χ0v) is 24.6. The highest BCUT2D eigenvalue weighted by Gasteiger charge is 2.33. The number of benzene rings is 3. The Morgan fingerprint density at radius 2 is 1.59 bits per heavy atom. The molecule has 0 saturated carbocycles. The maximum atomic E-state index is 14.1. The molecule has 0 aromatic heterocycles. The lowest BCUT2D eigenvalue weighted by Gasteiger charge is -2.34. The number of amides is 2. The summed E-state index contributed by atoms with van der Waals surface area (Å²) in [6.45, 7) is 6.99. The van der Waals surface area contributed by atoms with Gasteiger partial charge in [0, 0.05) is 24.0 Å². The van der Waals surface area contributed by atoms with E-state index in [1.165, 1.54) is 4.90 Å². The Morgan fingerprint density at radius 3 is 2.18 bits per heavy atom. The maximum Gasteiger partial charge on any atom is 0.244 e. The summed E-state index contributed by atoms with van der Waals surface area (Å²) in [6, 6.07) is 20.8. The summed E-state index contributed by atoms with van der Waals surface area (Å²) in [6.07, 6.45) is 1.32. The Labute approximate surface area is 236 Å². The van der Waals surface area contributed by atoms with Crippen LogP contribution in [0.5, 0.6) is 0 Å². The zero-order valence-electron chi connectivity index (χ0n) is 23.0. The molecule has 0 aliphatic carbocycles. The molecule has 9 heteroatoms. The van der Waals surface area contributed by atoms with E-state index in [0.29, 0.717) is 16.3 Å². The van der Waals surface area contributed by atoms with E-state index in [9.17, 15) is 18.0 Å². The molecule has 2 amide bonds. The molecule has 0 aliphatic heterocycles. The van der Waals surface area contributed by atoms with E-state index in [-0.39, 0.29) is 24.9 Å². The number of nitrogens with zero attached hydrogens (tertiary/aromatic N) is 2. The molecule has 0 aliphatic rings. The van der Waals surface area contributed by atoms with Crippen LogP contribution in [0.4, 0.5) is 5.69 Å². The summed E-state index contributed by atoms with van der Waals surface area (Å²) in [5.41, 5.74) is 3.64. The normalized spacial score (nSPS) is 12.2. The standard InChI is InChI=1S/C30H36ClN3O4S/c1-21(2)32-30(36)28(18-24-11-7-6-8-12-24)33(19-25-13-9-10-14-26(25)31)29(35)20-34(39(5,37)38)27-16-15-22(3)17-23(27)4/h6-17,21,28H,18-20H2,1-5H3,(H,32,36)/t28-/m1/s1. The maximum absolute atomic E-state index is 14.1. The molecule has 0 saturated heterocycles. The van der Waals surface area contributed by atoms with Crippen LogP contribution in [-0.4, -0.2) is 50.0 Å². The minimum Gasteiger partial charge on any atom is -0.352 e. The van der Waals surface area contributed by atoms with Crippen LogP contribution in [0.3, 0.4) is 0 Å². The topological polar surface area (TPSA) is 86.8 Å². The first-order valence-corrected chi connectivity index (χ1v) is 15.0. The van der Waals surface area contributed by atoms with Gasteiger partial charge in [-0.2, -0.15) is 0 Å². The lowest BCUT2D eigenvalue weighted by Crippen LogP contribution is -2.54. The number of aryl methyl sites for hydroxylation is 2. The van der Waals surface area contributed by atoms with Crippen LogP contribution in [-0.2, 0) is 32.6 Å². The first kappa shape index (κ1) is 30.2. The highest BCUT2D eigenvalue weighted by atomic mass is 35.5. The summed E-state index contributed by atoms with van der Waals surface area (Å²) < 4.78 is 27.0. The number of carbonyl (C=O) groups excluding carboxylic acids is 2. The van der Waals surface area contributed by atoms with Gasteiger partial charge in [-0.1, -0.05) is 77.8 Å². The van der Waals surface area contributed by atoms with Crippen molar-refractivity contribution in [2.45, 2.75) is 52.7 Å². The summed E-state index contributed by atoms with van der Waals surface area (Å²) in [4.78, 5) is 29.1. The Kier molecular flexibility index (Phi) is 10.2. The van der Waals surface area contributed by atoms with Crippen LogP contribution >= 0.6 is 11.6 Å². The molecule has 0 heterocycles. The molecule has 1 N–H and O–H groups in total. The molecule has 39 heavy (non-hydrogen) atoms. The molecule has 0 unspecified atom stereocenters. The number of nitrogens with one attached hydrogen (secondary N) is 1. The first-order chi connectivity index (χ1) is 18.4. The third-order valence-electron chi connectivity index (χ3n) is 6.30. The van der Waals surface area contributed by atoms with Gasteiger partial charge >= 0.3 is 0 Å². The van der Waals surface area contributed by atoms with Crippen molar-refractivity contribution in [2.75, 3.05) is 17.1 Å². The molecule has 0 bridgehead atoms. The lowest BCUT2D eigenvalue weighted by molar-refractivity contribution is -0.140. The Balaban J connectivity index is 2.08. The molecule has 208 valence electrons. The number of hydrogen-bond acceptors (Lipinski definition) is 4. The minimum absolute atomic E-state index is 0.0337. The predicted octanol–water partition coefficient (Wildman–Crippen LogP) is 4.89. The fourth-order valence-electron chi connectivity index (χ4n) is 4.42. The summed E-state index contributed by atoms with van der Waals surface area (Å²) in [5, 5.41) is 3.38. The molecule has 0 radical (unpaired) electrons. The first-order valence-electron chi connectivity index (χ1n) is 12.8. The smallest absolute Gasteiger partial charge is 0.244 e. The van der Waals surface area contributed by atoms with Crippen LogP contribution < -0.4 is 9.62 Å². The number of hydrogen-bond donors (Lipinski definition) is 1. The molecule has 3 rings (SSSR count). The Morgan fingerprint density at radius 1 is 0.949 bits per heavy atom. The van der Waals surface area contributed by atoms with Crippen molar-refractivity contribution in [3.8, 4) is 0 Å². The van der Waals surface area contributed by atoms with E-state index in [1.807, 2.05) is 63.2 Å². The second kappa shape index (κ2) is 13.1. The van der Waals surface area contributed by atoms with E-state index in [0.717, 1.165) is 27.3 Å². The van der Waals surface area contributed by atoms with Gasteiger partial charge in [-0.15, -0.1) is 0 Å². The van der Waals surface area contributed by atoms with Gasteiger partial charge in [0.2, 0.25) is 21.8 Å². The summed E-state index contributed by atoms with van der Waals surface area (Å²) in [5.74, 6) is -0.841. The third-order valence-corrected chi connectivity index (χ3v) is 7.80. The third kappa shape index (κ3) is 8.31. The van der Waals surface area contributed by atoms with Crippen molar-refractivity contribution < 1.29 is 18.0 Å². The molecule has 0 fully saturated rings. The molecule has 3 aromatic carbocycles. The highest BCUT2D eigenvalue weighted by Crippen LogP contribution is 2.25. The minimum atomic E-state index is -3.83. The van der Waals surface area contributed by atoms with Crippen LogP contribution in [0.2, 0.25) is 5.02 Å². The Bertz CT molecular complexity index is 1410. The van der Waals surface area contributed by atoms with E-state index in [2.05, 4.69) is 5.32 Å². The lowest BCUT2D eigenvalue weighted by atomic mass is 10.0. The van der Waals surface area contributed by atoms with Crippen molar-refractivity contribution in [1.82, 2.24) is 10.2 Å². The predicted molar refractivity (Wildman–Crippen MR) is 157 cm³/mol. The van der Waals surface area contributed by atoms with Gasteiger partial charge in [0.15, 0.2) is 0 Å². The van der Waals surface area contributed by atoms with Crippen LogP contribution in [0.1, 0.15) is 36.1 Å². The van der Waals surface area contributed by atoms with E-state index in [4.69, 9.17) is 11.6 Å². The summed E-state index contributed by atoms with van der Waals surface area (Å²) >= 11 is 6.47. The van der Waals surface area contributed by atoms with Gasteiger partial charge in [-0.3, -0.25) is 13.9 Å². The quantitative estimate of drug-likeness (QED) is 0.356. The fourth-order valence-corrected chi connectivity index (χ4v) is 5.53. The second-order valence-corrected chi connectivity index (χ2v) is 12.4. The van der Waals surface area contributed by atoms with Crippen LogP contribution in [0.15, 0.2) is 72.8 Å². The number of sulfonamides is 1. The monoisotopic (exact) mass is 569 g/mol. The fraction of sp³-hybridized carbons (Fsp3) is 0.333. The molecular weight excluding hydrogens is 534 g/mol. The number of rotatable bonds is 11. The Hall–Kier alpha value is -3.36. The van der Waals surface area contributed by atoms with E-state index >= 15 is 0 Å². The van der Waals surface area contributed by atoms with Crippen LogP contribution in [0, 0.1) is 13.8 Å². The van der Waals surface area contributed by atoms with Gasteiger partial charge in [-0.05, 0) is 56.5 Å². The average molecular weight is 570 g/mol. The van der Waals surface area contributed by atoms with Crippen molar-refractivity contribution in [2.24, 2.45) is 0 Å². The largest absolute Gasteiger partial charge is 0.352 e. The second-order valence-electron chi connectivity index (χ2n) is 10.0. The van der Waals surface area contributed by atoms with Crippen LogP contribution in [0.25, 0.3) is 0 Å². The van der Waals surface area contributed by atoms with E-state index in [1.54, 1.807) is 37.3 Å². The van der Waals surface area contributed by atoms with Crippen molar-refractivity contribution >= 4 is 39.1 Å². The van der Waals surface area contributed by atoms with Crippen molar-refractivity contribution in [3.63, 3.8) is 0 Å². The van der Waals surface area contributed by atoms with Gasteiger partial charge in [-0.25, -0.2) is 8.42 Å². The number of halogens is 1. The van der Waals surface area contributed by atoms with Crippen molar-refractivity contribution in [1.29, 1.82) is 0 Å². The molecule has 0 spiro atoms. The number of carbonyl (C=O) groups is 2. The van der Waals surface area contributed by atoms with Crippen molar-refractivity contribution in [3.05, 3.63) is 100 Å². The van der Waals surface area contributed by atoms with Gasteiger partial charge in [0.25, 0.3) is 0 Å². The van der Waals surface area contributed by atoms with Gasteiger partial charge < -0.3 is 10.2 Å².